The first-order valence-electron chi connectivity index (χ1n) is 6.58. The van der Waals surface area contributed by atoms with E-state index in [-0.39, 0.29) is 0 Å². The molecule has 3 heterocycles. The van der Waals surface area contributed by atoms with Crippen LogP contribution in [0.15, 0.2) is 22.0 Å². The molecule has 5 nitrogen and oxygen atoms in total. The van der Waals surface area contributed by atoms with Crippen molar-refractivity contribution in [2.75, 3.05) is 6.54 Å². The molecule has 1 aliphatic rings. The summed E-state index contributed by atoms with van der Waals surface area (Å²) in [6.45, 7) is 3.92. The van der Waals surface area contributed by atoms with Crippen molar-refractivity contribution in [1.82, 2.24) is 15.0 Å². The van der Waals surface area contributed by atoms with Crippen molar-refractivity contribution in [1.29, 1.82) is 0 Å². The molecule has 2 N–H and O–H groups in total. The van der Waals surface area contributed by atoms with Gasteiger partial charge < -0.3 is 10.3 Å². The van der Waals surface area contributed by atoms with Crippen LogP contribution < -0.4 is 5.73 Å². The zero-order valence-corrected chi connectivity index (χ0v) is 11.8. The van der Waals surface area contributed by atoms with Gasteiger partial charge >= 0.3 is 0 Å². The lowest BCUT2D eigenvalue weighted by Gasteiger charge is -2.35. The maximum Gasteiger partial charge on any atom is 0.241 e. The second-order valence-electron chi connectivity index (χ2n) is 5.09. The van der Waals surface area contributed by atoms with Crippen LogP contribution >= 0.6 is 11.3 Å². The Kier molecular flexibility index (Phi) is 3.63. The predicted octanol–water partition coefficient (Wildman–Crippen LogP) is 2.11. The quantitative estimate of drug-likeness (QED) is 0.931. The van der Waals surface area contributed by atoms with E-state index in [1.54, 1.807) is 11.3 Å². The highest BCUT2D eigenvalue weighted by molar-refractivity contribution is 7.13. The Balaban J connectivity index is 1.67. The van der Waals surface area contributed by atoms with Crippen molar-refractivity contribution >= 4 is 11.3 Å². The molecule has 0 aromatic carbocycles. The fraction of sp³-hybridized carbons (Fsp3) is 0.538. The van der Waals surface area contributed by atoms with Crippen LogP contribution in [-0.2, 0) is 6.54 Å². The Bertz CT molecular complexity index is 524. The molecule has 3 rings (SSSR count). The predicted molar refractivity (Wildman–Crippen MR) is 74.7 cm³/mol. The van der Waals surface area contributed by atoms with E-state index < -0.39 is 0 Å². The molecule has 1 saturated heterocycles. The molecule has 0 saturated carbocycles. The molecule has 2 aromatic heterocycles. The zero-order valence-electron chi connectivity index (χ0n) is 11.0. The molecule has 0 amide bonds. The normalized spacial score (nSPS) is 24.7. The number of nitrogens with two attached hydrogens (primary N) is 1. The third kappa shape index (κ3) is 2.86. The van der Waals surface area contributed by atoms with Gasteiger partial charge in [0.15, 0.2) is 0 Å². The molecular weight excluding hydrogens is 260 g/mol. The second-order valence-corrected chi connectivity index (χ2v) is 6.04. The molecule has 19 heavy (non-hydrogen) atoms. The number of likely N-dealkylation sites (tertiary alicyclic amines) is 1. The first-order chi connectivity index (χ1) is 9.22. The van der Waals surface area contributed by atoms with Gasteiger partial charge in [-0.25, -0.2) is 0 Å². The van der Waals surface area contributed by atoms with E-state index in [4.69, 9.17) is 10.3 Å². The molecule has 0 spiro atoms. The van der Waals surface area contributed by atoms with E-state index in [0.717, 1.165) is 24.3 Å². The Morgan fingerprint density at radius 1 is 1.58 bits per heavy atom. The maximum atomic E-state index is 5.97. The highest BCUT2D eigenvalue weighted by Crippen LogP contribution is 2.23. The van der Waals surface area contributed by atoms with Gasteiger partial charge in [-0.15, -0.1) is 11.3 Å². The monoisotopic (exact) mass is 278 g/mol. The number of hydrogen-bond acceptors (Lipinski definition) is 6. The van der Waals surface area contributed by atoms with Gasteiger partial charge in [-0.2, -0.15) is 4.98 Å². The molecule has 2 unspecified atom stereocenters. The molecule has 0 radical (unpaired) electrons. The van der Waals surface area contributed by atoms with Gasteiger partial charge in [0.1, 0.15) is 0 Å². The summed E-state index contributed by atoms with van der Waals surface area (Å²) in [7, 11) is 0. The van der Waals surface area contributed by atoms with E-state index in [1.165, 1.54) is 0 Å². The van der Waals surface area contributed by atoms with E-state index in [1.807, 2.05) is 17.5 Å². The van der Waals surface area contributed by atoms with Crippen molar-refractivity contribution in [3.63, 3.8) is 0 Å². The molecule has 102 valence electrons. The summed E-state index contributed by atoms with van der Waals surface area (Å²) in [6.07, 6.45) is 2.07. The minimum Gasteiger partial charge on any atom is -0.338 e. The van der Waals surface area contributed by atoms with Crippen LogP contribution in [0.5, 0.6) is 0 Å². The van der Waals surface area contributed by atoms with Crippen molar-refractivity contribution in [2.45, 2.75) is 38.4 Å². The Hall–Kier alpha value is -1.24. The van der Waals surface area contributed by atoms with Gasteiger partial charge in [0, 0.05) is 18.6 Å². The van der Waals surface area contributed by atoms with E-state index in [0.29, 0.717) is 30.3 Å². The highest BCUT2D eigenvalue weighted by Gasteiger charge is 2.24. The first-order valence-corrected chi connectivity index (χ1v) is 7.46. The van der Waals surface area contributed by atoms with E-state index in [9.17, 15) is 0 Å². The fourth-order valence-corrected chi connectivity index (χ4v) is 3.14. The number of nitrogens with zero attached hydrogens (tertiary/aromatic N) is 3. The van der Waals surface area contributed by atoms with Gasteiger partial charge in [0.25, 0.3) is 0 Å². The van der Waals surface area contributed by atoms with Gasteiger partial charge in [0.05, 0.1) is 11.4 Å². The standard InChI is InChI=1S/C13H18N4OS/c1-9-7-10(14)4-5-17(9)8-12-15-13(16-18-12)11-3-2-6-19-11/h2-3,6,9-10H,4-5,7-8,14H2,1H3. The molecule has 1 fully saturated rings. The third-order valence-electron chi connectivity index (χ3n) is 3.60. The highest BCUT2D eigenvalue weighted by atomic mass is 32.1. The number of rotatable bonds is 3. The number of piperidine rings is 1. The summed E-state index contributed by atoms with van der Waals surface area (Å²) in [4.78, 5) is 7.86. The summed E-state index contributed by atoms with van der Waals surface area (Å²) in [5.41, 5.74) is 5.97. The lowest BCUT2D eigenvalue weighted by atomic mass is 9.99. The summed E-state index contributed by atoms with van der Waals surface area (Å²) < 4.78 is 5.34. The minimum atomic E-state index is 0.329. The van der Waals surface area contributed by atoms with Crippen molar-refractivity contribution < 1.29 is 4.52 Å². The molecule has 0 bridgehead atoms. The number of hydrogen-bond donors (Lipinski definition) is 1. The van der Waals surface area contributed by atoms with E-state index >= 15 is 0 Å². The van der Waals surface area contributed by atoms with Crippen LogP contribution in [0.4, 0.5) is 0 Å². The second kappa shape index (κ2) is 5.40. The number of aromatic nitrogens is 2. The van der Waals surface area contributed by atoms with Crippen LogP contribution in [0.25, 0.3) is 10.7 Å². The van der Waals surface area contributed by atoms with Crippen LogP contribution in [-0.4, -0.2) is 33.7 Å². The molecule has 2 aromatic rings. The molecule has 2 atom stereocenters. The zero-order chi connectivity index (χ0) is 13.2. The molecule has 6 heteroatoms. The topological polar surface area (TPSA) is 68.2 Å². The summed E-state index contributed by atoms with van der Waals surface area (Å²) >= 11 is 1.62. The van der Waals surface area contributed by atoms with Gasteiger partial charge in [0.2, 0.25) is 11.7 Å². The fourth-order valence-electron chi connectivity index (χ4n) is 2.49. The van der Waals surface area contributed by atoms with Gasteiger partial charge in [-0.3, -0.25) is 4.90 Å². The summed E-state index contributed by atoms with van der Waals surface area (Å²) in [5.74, 6) is 1.37. The van der Waals surface area contributed by atoms with Crippen molar-refractivity contribution in [3.8, 4) is 10.7 Å². The van der Waals surface area contributed by atoms with Gasteiger partial charge in [-0.05, 0) is 31.2 Å². The van der Waals surface area contributed by atoms with Crippen LogP contribution in [0.2, 0.25) is 0 Å². The molecular formula is C13H18N4OS. The maximum absolute atomic E-state index is 5.97. The SMILES string of the molecule is CC1CC(N)CCN1Cc1nc(-c2cccs2)no1. The summed E-state index contributed by atoms with van der Waals surface area (Å²) in [6, 6.07) is 4.79. The van der Waals surface area contributed by atoms with E-state index in [2.05, 4.69) is 22.0 Å². The molecule has 1 aliphatic heterocycles. The van der Waals surface area contributed by atoms with Crippen molar-refractivity contribution in [3.05, 3.63) is 23.4 Å². The minimum absolute atomic E-state index is 0.329. The average molecular weight is 278 g/mol. The Morgan fingerprint density at radius 2 is 2.47 bits per heavy atom. The van der Waals surface area contributed by atoms with Crippen LogP contribution in [0.1, 0.15) is 25.7 Å². The van der Waals surface area contributed by atoms with Gasteiger partial charge in [-0.1, -0.05) is 11.2 Å². The van der Waals surface area contributed by atoms with Crippen LogP contribution in [0.3, 0.4) is 0 Å². The summed E-state index contributed by atoms with van der Waals surface area (Å²) in [5, 5.41) is 6.05. The van der Waals surface area contributed by atoms with Crippen LogP contribution in [0, 0.1) is 0 Å². The number of thiophene rings is 1. The third-order valence-corrected chi connectivity index (χ3v) is 4.47. The Labute approximate surface area is 116 Å². The van der Waals surface area contributed by atoms with Crippen molar-refractivity contribution in [2.24, 2.45) is 5.73 Å². The average Bonchev–Trinajstić information content (AvgIpc) is 3.03. The lowest BCUT2D eigenvalue weighted by Crippen LogP contribution is -2.45. The Morgan fingerprint density at radius 3 is 3.21 bits per heavy atom. The molecule has 0 aliphatic carbocycles. The smallest absolute Gasteiger partial charge is 0.241 e. The largest absolute Gasteiger partial charge is 0.338 e. The first kappa shape index (κ1) is 12.8. The lowest BCUT2D eigenvalue weighted by molar-refractivity contribution is 0.124.